The Hall–Kier alpha value is -1.60. The van der Waals surface area contributed by atoms with Crippen LogP contribution >= 0.6 is 0 Å². The lowest BCUT2D eigenvalue weighted by Crippen LogP contribution is -2.46. The van der Waals surface area contributed by atoms with E-state index < -0.39 is 0 Å². The summed E-state index contributed by atoms with van der Waals surface area (Å²) in [6.45, 7) is 7.01. The minimum atomic E-state index is 0.401. The number of nitrogens with zero attached hydrogens (tertiary/aromatic N) is 1. The quantitative estimate of drug-likeness (QED) is 0.735. The van der Waals surface area contributed by atoms with Crippen LogP contribution < -0.4 is 0 Å². The zero-order valence-electron chi connectivity index (χ0n) is 14.2. The summed E-state index contributed by atoms with van der Waals surface area (Å²) in [5, 5.41) is 0. The standard InChI is InChI=1S/C21H27N/c1-15-10-8-9-13-19(15)21-14-20(16(2)17(3)22(21)4)18-11-6-5-7-12-18/h5-7,9,11-14,16-17,21H,8,10H2,1-4H3. The minimum absolute atomic E-state index is 0.401. The molecule has 0 aromatic heterocycles. The molecule has 3 rings (SSSR count). The maximum atomic E-state index is 2.53. The van der Waals surface area contributed by atoms with E-state index in [4.69, 9.17) is 0 Å². The molecule has 0 bridgehead atoms. The molecule has 116 valence electrons. The molecule has 1 nitrogen and oxygen atoms in total. The highest BCUT2D eigenvalue weighted by atomic mass is 15.2. The van der Waals surface area contributed by atoms with Crippen molar-refractivity contribution in [3.8, 4) is 0 Å². The Morgan fingerprint density at radius 3 is 2.50 bits per heavy atom. The molecule has 0 radical (unpaired) electrons. The predicted octanol–water partition coefficient (Wildman–Crippen LogP) is 5.08. The zero-order valence-corrected chi connectivity index (χ0v) is 14.2. The van der Waals surface area contributed by atoms with Crippen LogP contribution in [0.25, 0.3) is 5.57 Å². The lowest BCUT2D eigenvalue weighted by atomic mass is 9.80. The summed E-state index contributed by atoms with van der Waals surface area (Å²) >= 11 is 0. The van der Waals surface area contributed by atoms with Gasteiger partial charge in [0, 0.05) is 6.04 Å². The predicted molar refractivity (Wildman–Crippen MR) is 95.7 cm³/mol. The van der Waals surface area contributed by atoms with Gasteiger partial charge in [-0.1, -0.05) is 61.1 Å². The van der Waals surface area contributed by atoms with Crippen molar-refractivity contribution in [3.05, 3.63) is 65.3 Å². The second-order valence-corrected chi connectivity index (χ2v) is 6.80. The van der Waals surface area contributed by atoms with Gasteiger partial charge in [0.25, 0.3) is 0 Å². The molecule has 1 heterocycles. The third-order valence-electron chi connectivity index (χ3n) is 5.53. The molecule has 22 heavy (non-hydrogen) atoms. The van der Waals surface area contributed by atoms with Crippen LogP contribution in [0.4, 0.5) is 0 Å². The first-order valence-corrected chi connectivity index (χ1v) is 8.45. The van der Waals surface area contributed by atoms with Gasteiger partial charge < -0.3 is 0 Å². The van der Waals surface area contributed by atoms with Crippen molar-refractivity contribution in [3.63, 3.8) is 0 Å². The molecule has 0 spiro atoms. The van der Waals surface area contributed by atoms with E-state index >= 15 is 0 Å². The van der Waals surface area contributed by atoms with Crippen molar-refractivity contribution in [1.29, 1.82) is 0 Å². The Morgan fingerprint density at radius 2 is 1.82 bits per heavy atom. The Labute approximate surface area is 135 Å². The molecule has 0 fully saturated rings. The summed E-state index contributed by atoms with van der Waals surface area (Å²) in [5.74, 6) is 0.553. The Kier molecular flexibility index (Phi) is 4.35. The van der Waals surface area contributed by atoms with Crippen LogP contribution in [0.3, 0.4) is 0 Å². The lowest BCUT2D eigenvalue weighted by molar-refractivity contribution is 0.194. The number of hydrogen-bond acceptors (Lipinski definition) is 1. The number of hydrogen-bond donors (Lipinski definition) is 0. The van der Waals surface area contributed by atoms with E-state index in [1.807, 2.05) is 0 Å². The van der Waals surface area contributed by atoms with Crippen LogP contribution in [-0.2, 0) is 0 Å². The van der Waals surface area contributed by atoms with E-state index in [2.05, 4.69) is 81.3 Å². The number of benzene rings is 1. The maximum Gasteiger partial charge on any atom is 0.0536 e. The largest absolute Gasteiger partial charge is 0.293 e. The molecule has 3 unspecified atom stereocenters. The first-order valence-electron chi connectivity index (χ1n) is 8.45. The molecule has 0 saturated heterocycles. The highest BCUT2D eigenvalue weighted by Crippen LogP contribution is 2.37. The minimum Gasteiger partial charge on any atom is -0.293 e. The van der Waals surface area contributed by atoms with E-state index in [0.717, 1.165) is 0 Å². The maximum absolute atomic E-state index is 2.53. The van der Waals surface area contributed by atoms with Gasteiger partial charge in [-0.3, -0.25) is 4.90 Å². The lowest BCUT2D eigenvalue weighted by Gasteiger charge is -2.42. The zero-order chi connectivity index (χ0) is 15.7. The summed E-state index contributed by atoms with van der Waals surface area (Å²) < 4.78 is 0. The molecule has 1 heteroatoms. The highest BCUT2D eigenvalue weighted by Gasteiger charge is 2.33. The van der Waals surface area contributed by atoms with Gasteiger partial charge in [-0.2, -0.15) is 0 Å². The number of rotatable bonds is 2. The first kappa shape index (κ1) is 15.3. The molecule has 2 aliphatic rings. The first-order chi connectivity index (χ1) is 10.6. The van der Waals surface area contributed by atoms with Crippen molar-refractivity contribution < 1.29 is 0 Å². The Morgan fingerprint density at radius 1 is 1.09 bits per heavy atom. The van der Waals surface area contributed by atoms with Crippen LogP contribution in [-0.4, -0.2) is 24.0 Å². The fraction of sp³-hybridized carbons (Fsp3) is 0.429. The molecule has 1 aromatic rings. The van der Waals surface area contributed by atoms with Crippen molar-refractivity contribution in [2.24, 2.45) is 5.92 Å². The van der Waals surface area contributed by atoms with Gasteiger partial charge in [-0.15, -0.1) is 0 Å². The van der Waals surface area contributed by atoms with Gasteiger partial charge in [-0.25, -0.2) is 0 Å². The van der Waals surface area contributed by atoms with Gasteiger partial charge in [0.1, 0.15) is 0 Å². The van der Waals surface area contributed by atoms with E-state index in [1.54, 1.807) is 5.57 Å². The monoisotopic (exact) mass is 293 g/mol. The normalized spacial score (nSPS) is 29.6. The fourth-order valence-electron chi connectivity index (χ4n) is 3.75. The molecule has 3 atom stereocenters. The molecule has 1 aromatic carbocycles. The van der Waals surface area contributed by atoms with Crippen LogP contribution in [0.2, 0.25) is 0 Å². The average molecular weight is 293 g/mol. The third kappa shape index (κ3) is 2.70. The molecular weight excluding hydrogens is 266 g/mol. The molecule has 0 N–H and O–H groups in total. The van der Waals surface area contributed by atoms with Gasteiger partial charge in [0.2, 0.25) is 0 Å². The smallest absolute Gasteiger partial charge is 0.0536 e. The molecular formula is C21H27N. The van der Waals surface area contributed by atoms with Gasteiger partial charge in [0.15, 0.2) is 0 Å². The van der Waals surface area contributed by atoms with Crippen LogP contribution in [0, 0.1) is 5.92 Å². The average Bonchev–Trinajstić information content (AvgIpc) is 2.55. The van der Waals surface area contributed by atoms with Crippen molar-refractivity contribution in [2.75, 3.05) is 7.05 Å². The van der Waals surface area contributed by atoms with Crippen molar-refractivity contribution in [2.45, 2.75) is 45.7 Å². The summed E-state index contributed by atoms with van der Waals surface area (Å²) in [5.41, 5.74) is 5.92. The Bertz CT molecular complexity index is 621. The fourth-order valence-corrected chi connectivity index (χ4v) is 3.75. The summed E-state index contributed by atoms with van der Waals surface area (Å²) in [6, 6.07) is 11.8. The van der Waals surface area contributed by atoms with Crippen molar-refractivity contribution in [1.82, 2.24) is 4.90 Å². The van der Waals surface area contributed by atoms with Crippen LogP contribution in [0.5, 0.6) is 0 Å². The second kappa shape index (κ2) is 6.26. The number of likely N-dealkylation sites (N-methyl/N-ethyl adjacent to an activating group) is 1. The van der Waals surface area contributed by atoms with Crippen LogP contribution in [0.15, 0.2) is 59.7 Å². The molecule has 1 aliphatic heterocycles. The molecule has 1 aliphatic carbocycles. The molecule has 0 saturated carbocycles. The second-order valence-electron chi connectivity index (χ2n) is 6.80. The highest BCUT2D eigenvalue weighted by molar-refractivity contribution is 5.70. The van der Waals surface area contributed by atoms with E-state index in [0.29, 0.717) is 18.0 Å². The number of allylic oxidation sites excluding steroid dienone is 2. The Balaban J connectivity index is 2.06. The van der Waals surface area contributed by atoms with Gasteiger partial charge >= 0.3 is 0 Å². The van der Waals surface area contributed by atoms with E-state index in [9.17, 15) is 0 Å². The van der Waals surface area contributed by atoms with Gasteiger partial charge in [-0.05, 0) is 56.4 Å². The summed E-state index contributed by atoms with van der Waals surface area (Å²) in [4.78, 5) is 2.53. The van der Waals surface area contributed by atoms with E-state index in [-0.39, 0.29) is 0 Å². The van der Waals surface area contributed by atoms with Gasteiger partial charge in [0.05, 0.1) is 6.04 Å². The molecule has 0 amide bonds. The topological polar surface area (TPSA) is 3.24 Å². The SMILES string of the molecule is CC1=C(C2C=C(c3ccccc3)C(C)C(C)N2C)C=CCC1. The summed E-state index contributed by atoms with van der Waals surface area (Å²) in [7, 11) is 2.27. The van der Waals surface area contributed by atoms with Crippen molar-refractivity contribution >= 4 is 5.57 Å². The van der Waals surface area contributed by atoms with E-state index in [1.165, 1.54) is 29.6 Å². The van der Waals surface area contributed by atoms with Crippen LogP contribution in [0.1, 0.15) is 39.2 Å². The third-order valence-corrected chi connectivity index (χ3v) is 5.53. The summed E-state index contributed by atoms with van der Waals surface area (Å²) in [6.07, 6.45) is 9.56.